The van der Waals surface area contributed by atoms with Gasteiger partial charge in [0.2, 0.25) is 11.8 Å². The first-order chi connectivity index (χ1) is 17.7. The lowest BCUT2D eigenvalue weighted by atomic mass is 9.74. The van der Waals surface area contributed by atoms with Gasteiger partial charge in [-0.05, 0) is 44.0 Å². The van der Waals surface area contributed by atoms with E-state index in [-0.39, 0.29) is 24.3 Å². The summed E-state index contributed by atoms with van der Waals surface area (Å²) < 4.78 is -1.42. The van der Waals surface area contributed by atoms with Gasteiger partial charge in [-0.3, -0.25) is 14.4 Å². The lowest BCUT2D eigenvalue weighted by Crippen LogP contribution is -2.53. The van der Waals surface area contributed by atoms with Crippen LogP contribution >= 0.6 is 23.4 Å². The number of fused-ring (bicyclic) bond motifs is 2. The SMILES string of the molecule is CN1CC=C[C@]2(C)S[C@]34C=CCN(c5ccc(Cl)cc5)C(=O)C3N(CCCCCCO)C(=O)[C@@H]4[C@@H]2C1=O. The molecule has 9 heteroatoms. The second-order valence-corrected chi connectivity index (χ2v) is 12.8. The first-order valence-electron chi connectivity index (χ1n) is 13.0. The number of hydrogen-bond donors (Lipinski definition) is 1. The smallest absolute Gasteiger partial charge is 0.251 e. The number of unbranched alkanes of at least 4 members (excludes halogenated alkanes) is 3. The number of aliphatic hydroxyl groups is 1. The maximum Gasteiger partial charge on any atom is 0.251 e. The molecule has 1 aromatic rings. The molecule has 0 saturated carbocycles. The third-order valence-corrected chi connectivity index (χ3v) is 10.3. The van der Waals surface area contributed by atoms with Crippen LogP contribution in [-0.2, 0) is 14.4 Å². The molecule has 4 aliphatic heterocycles. The van der Waals surface area contributed by atoms with Crippen molar-refractivity contribution in [2.45, 2.75) is 48.1 Å². The van der Waals surface area contributed by atoms with Crippen LogP contribution < -0.4 is 4.90 Å². The third kappa shape index (κ3) is 4.31. The molecule has 1 N–H and O–H groups in total. The lowest BCUT2D eigenvalue weighted by molar-refractivity contribution is -0.143. The summed E-state index contributed by atoms with van der Waals surface area (Å²) in [4.78, 5) is 47.4. The number of benzene rings is 1. The van der Waals surface area contributed by atoms with Crippen molar-refractivity contribution >= 4 is 46.8 Å². The van der Waals surface area contributed by atoms with Gasteiger partial charge in [-0.15, -0.1) is 11.8 Å². The number of carbonyl (C=O) groups is 3. The summed E-state index contributed by atoms with van der Waals surface area (Å²) in [5.74, 6) is -1.45. The number of likely N-dealkylation sites (N-methyl/N-ethyl adjacent to an activating group) is 1. The molecule has 1 unspecified atom stereocenters. The minimum Gasteiger partial charge on any atom is -0.396 e. The predicted molar refractivity (Wildman–Crippen MR) is 146 cm³/mol. The van der Waals surface area contributed by atoms with Crippen molar-refractivity contribution in [1.82, 2.24) is 9.80 Å². The average Bonchev–Trinajstić information content (AvgIpc) is 3.14. The molecule has 2 saturated heterocycles. The molecular formula is C28H34ClN3O4S. The van der Waals surface area contributed by atoms with Crippen LogP contribution in [0.3, 0.4) is 0 Å². The molecule has 5 atom stereocenters. The molecule has 198 valence electrons. The van der Waals surface area contributed by atoms with Gasteiger partial charge in [-0.2, -0.15) is 0 Å². The van der Waals surface area contributed by atoms with Gasteiger partial charge in [0.05, 0.1) is 16.6 Å². The Morgan fingerprint density at radius 1 is 0.946 bits per heavy atom. The summed E-state index contributed by atoms with van der Waals surface area (Å²) >= 11 is 7.71. The standard InChI is InChI=1S/C28H34ClN3O4S/c1-27-13-7-15-30(2)24(34)21(27)22-25(35)32(16-5-3-4-6-18-33)23-26(36)31(17-8-14-28(22,23)37-27)20-11-9-19(29)10-12-20/h7-14,21-23,33H,3-6,15-18H2,1-2H3/t21-,22+,23?,27+,28+/m1/s1. The molecule has 2 fully saturated rings. The highest BCUT2D eigenvalue weighted by molar-refractivity contribution is 8.02. The van der Waals surface area contributed by atoms with E-state index in [1.807, 2.05) is 37.3 Å². The van der Waals surface area contributed by atoms with Crippen molar-refractivity contribution in [3.05, 3.63) is 53.6 Å². The molecule has 3 amide bonds. The molecule has 0 bridgehead atoms. The number of rotatable bonds is 7. The zero-order valence-electron chi connectivity index (χ0n) is 21.3. The number of amides is 3. The normalized spacial score (nSPS) is 32.9. The molecule has 0 aliphatic carbocycles. The first kappa shape index (κ1) is 26.3. The zero-order chi connectivity index (χ0) is 26.4. The largest absolute Gasteiger partial charge is 0.396 e. The fraction of sp³-hybridized carbons (Fsp3) is 0.536. The molecule has 0 aromatic heterocycles. The number of nitrogens with zero attached hydrogens (tertiary/aromatic N) is 3. The van der Waals surface area contributed by atoms with Crippen LogP contribution in [0.15, 0.2) is 48.6 Å². The summed E-state index contributed by atoms with van der Waals surface area (Å²) in [5, 5.41) is 9.72. The van der Waals surface area contributed by atoms with E-state index in [4.69, 9.17) is 16.7 Å². The molecule has 5 rings (SSSR count). The maximum atomic E-state index is 14.4. The Labute approximate surface area is 227 Å². The van der Waals surface area contributed by atoms with Crippen LogP contribution in [0.25, 0.3) is 0 Å². The van der Waals surface area contributed by atoms with Gasteiger partial charge in [0, 0.05) is 48.7 Å². The van der Waals surface area contributed by atoms with Crippen molar-refractivity contribution in [2.24, 2.45) is 11.8 Å². The maximum absolute atomic E-state index is 14.4. The molecule has 37 heavy (non-hydrogen) atoms. The summed E-state index contributed by atoms with van der Waals surface area (Å²) in [6.45, 7) is 3.53. The molecule has 7 nitrogen and oxygen atoms in total. The summed E-state index contributed by atoms with van der Waals surface area (Å²) in [5.41, 5.74) is 0.731. The van der Waals surface area contributed by atoms with Gasteiger partial charge < -0.3 is 19.8 Å². The zero-order valence-corrected chi connectivity index (χ0v) is 22.9. The Kier molecular flexibility index (Phi) is 7.20. The molecule has 1 aromatic carbocycles. The highest BCUT2D eigenvalue weighted by atomic mass is 35.5. The van der Waals surface area contributed by atoms with E-state index < -0.39 is 27.4 Å². The van der Waals surface area contributed by atoms with Crippen LogP contribution in [0.2, 0.25) is 5.02 Å². The van der Waals surface area contributed by atoms with Crippen LogP contribution in [0.1, 0.15) is 32.6 Å². The topological polar surface area (TPSA) is 81.2 Å². The van der Waals surface area contributed by atoms with Crippen LogP contribution in [-0.4, -0.2) is 81.5 Å². The molecule has 0 radical (unpaired) electrons. The minimum atomic E-state index is -0.835. The number of anilines is 1. The Hall–Kier alpha value is -2.29. The Morgan fingerprint density at radius 3 is 2.38 bits per heavy atom. The summed E-state index contributed by atoms with van der Waals surface area (Å²) in [6.07, 6.45) is 11.3. The molecular weight excluding hydrogens is 510 g/mol. The van der Waals surface area contributed by atoms with Gasteiger partial charge in [-0.1, -0.05) is 48.7 Å². The fourth-order valence-corrected chi connectivity index (χ4v) is 8.77. The van der Waals surface area contributed by atoms with Crippen LogP contribution in [0.4, 0.5) is 5.69 Å². The van der Waals surface area contributed by atoms with E-state index in [2.05, 4.69) is 6.08 Å². The van der Waals surface area contributed by atoms with Crippen molar-refractivity contribution in [2.75, 3.05) is 38.2 Å². The van der Waals surface area contributed by atoms with Crippen molar-refractivity contribution in [3.8, 4) is 0 Å². The van der Waals surface area contributed by atoms with Gasteiger partial charge in [-0.25, -0.2) is 0 Å². The molecule has 4 aliphatic rings. The highest BCUT2D eigenvalue weighted by Crippen LogP contribution is 2.65. The number of carbonyl (C=O) groups excluding carboxylic acids is 3. The Morgan fingerprint density at radius 2 is 1.65 bits per heavy atom. The fourth-order valence-electron chi connectivity index (χ4n) is 6.48. The van der Waals surface area contributed by atoms with E-state index in [9.17, 15) is 14.4 Å². The van der Waals surface area contributed by atoms with Gasteiger partial charge in [0.25, 0.3) is 5.91 Å². The second kappa shape index (κ2) is 10.1. The highest BCUT2D eigenvalue weighted by Gasteiger charge is 2.73. The minimum absolute atomic E-state index is 0.0431. The molecule has 4 heterocycles. The third-order valence-electron chi connectivity index (χ3n) is 8.20. The number of hydrogen-bond acceptors (Lipinski definition) is 5. The van der Waals surface area contributed by atoms with E-state index in [0.29, 0.717) is 24.7 Å². The van der Waals surface area contributed by atoms with E-state index >= 15 is 0 Å². The van der Waals surface area contributed by atoms with Gasteiger partial charge in [0.1, 0.15) is 6.04 Å². The second-order valence-electron chi connectivity index (χ2n) is 10.6. The molecule has 1 spiro atoms. The van der Waals surface area contributed by atoms with Crippen molar-refractivity contribution < 1.29 is 19.5 Å². The monoisotopic (exact) mass is 543 g/mol. The number of aliphatic hydroxyl groups excluding tert-OH is 1. The predicted octanol–water partition coefficient (Wildman–Crippen LogP) is 3.51. The van der Waals surface area contributed by atoms with Crippen molar-refractivity contribution in [3.63, 3.8) is 0 Å². The summed E-state index contributed by atoms with van der Waals surface area (Å²) in [6, 6.07) is 6.47. The summed E-state index contributed by atoms with van der Waals surface area (Å²) in [7, 11) is 1.78. The van der Waals surface area contributed by atoms with Crippen LogP contribution in [0.5, 0.6) is 0 Å². The van der Waals surface area contributed by atoms with Crippen LogP contribution in [0, 0.1) is 11.8 Å². The number of halogens is 1. The Bertz CT molecular complexity index is 1140. The average molecular weight is 544 g/mol. The Balaban J connectivity index is 1.57. The van der Waals surface area contributed by atoms with E-state index in [0.717, 1.165) is 31.4 Å². The number of likely N-dealkylation sites (tertiary alicyclic amines) is 1. The van der Waals surface area contributed by atoms with E-state index in [1.54, 1.807) is 45.6 Å². The van der Waals surface area contributed by atoms with Crippen molar-refractivity contribution in [1.29, 1.82) is 0 Å². The number of thioether (sulfide) groups is 1. The quantitative estimate of drug-likeness (QED) is 0.420. The van der Waals surface area contributed by atoms with Gasteiger partial charge >= 0.3 is 0 Å². The van der Waals surface area contributed by atoms with E-state index in [1.165, 1.54) is 0 Å². The first-order valence-corrected chi connectivity index (χ1v) is 14.2. The van der Waals surface area contributed by atoms with Gasteiger partial charge in [0.15, 0.2) is 0 Å². The lowest BCUT2D eigenvalue weighted by Gasteiger charge is -2.37.